The molecular formula is C30H29ClF3NO. The van der Waals surface area contributed by atoms with Gasteiger partial charge in [0.1, 0.15) is 12.4 Å². The fourth-order valence-corrected chi connectivity index (χ4v) is 5.01. The van der Waals surface area contributed by atoms with E-state index < -0.39 is 16.6 Å². The summed E-state index contributed by atoms with van der Waals surface area (Å²) in [5.74, 6) is 0.157. The molecule has 1 unspecified atom stereocenters. The number of hydrogen-bond acceptors (Lipinski definition) is 2. The van der Waals surface area contributed by atoms with Crippen molar-refractivity contribution >= 4 is 11.6 Å². The maximum Gasteiger partial charge on any atom is 0.416 e. The van der Waals surface area contributed by atoms with Gasteiger partial charge in [0.05, 0.1) is 16.5 Å². The maximum atomic E-state index is 13.8. The summed E-state index contributed by atoms with van der Waals surface area (Å²) in [5.41, 5.74) is 2.75. The Morgan fingerprint density at radius 2 is 1.64 bits per heavy atom. The minimum Gasteiger partial charge on any atom is -0.489 e. The van der Waals surface area contributed by atoms with Crippen LogP contribution in [0.1, 0.15) is 42.1 Å². The van der Waals surface area contributed by atoms with Gasteiger partial charge in [-0.1, -0.05) is 78.9 Å². The molecule has 1 aliphatic rings. The Bertz CT molecular complexity index is 1220. The van der Waals surface area contributed by atoms with E-state index in [-0.39, 0.29) is 18.4 Å². The van der Waals surface area contributed by atoms with Crippen LogP contribution in [0.2, 0.25) is 0 Å². The van der Waals surface area contributed by atoms with E-state index >= 15 is 0 Å². The van der Waals surface area contributed by atoms with Crippen molar-refractivity contribution in [2.45, 2.75) is 37.5 Å². The zero-order valence-corrected chi connectivity index (χ0v) is 21.1. The monoisotopic (exact) mass is 511 g/mol. The third kappa shape index (κ3) is 5.85. The van der Waals surface area contributed by atoms with Crippen LogP contribution in [0.25, 0.3) is 0 Å². The average Bonchev–Trinajstić information content (AvgIpc) is 2.86. The van der Waals surface area contributed by atoms with Crippen LogP contribution in [-0.4, -0.2) is 18.0 Å². The van der Waals surface area contributed by atoms with Crippen LogP contribution < -0.4 is 4.74 Å². The number of nitrogens with zero attached hydrogens (tertiary/aromatic N) is 1. The maximum absolute atomic E-state index is 13.8. The Morgan fingerprint density at radius 3 is 2.22 bits per heavy atom. The van der Waals surface area contributed by atoms with Crippen molar-refractivity contribution in [1.29, 1.82) is 0 Å². The molecular weight excluding hydrogens is 483 g/mol. The van der Waals surface area contributed by atoms with Crippen LogP contribution >= 0.6 is 11.6 Å². The van der Waals surface area contributed by atoms with E-state index in [1.165, 1.54) is 0 Å². The molecule has 36 heavy (non-hydrogen) atoms. The fraction of sp³-hybridized carbons (Fsp3) is 0.267. The van der Waals surface area contributed by atoms with E-state index in [1.807, 2.05) is 68.5 Å². The molecule has 3 aromatic rings. The smallest absolute Gasteiger partial charge is 0.416 e. The molecule has 0 saturated carbocycles. The summed E-state index contributed by atoms with van der Waals surface area (Å²) in [6.45, 7) is 4.94. The SMILES string of the molecule is CC=CC(=CC)C(c1ccccc1)N1CC(Cl)(c2cc(OCc3ccccc3)cc(C(F)(F)F)c2)C1. The molecule has 6 heteroatoms. The van der Waals surface area contributed by atoms with Crippen molar-refractivity contribution in [3.8, 4) is 5.75 Å². The molecule has 2 nitrogen and oxygen atoms in total. The highest BCUT2D eigenvalue weighted by Gasteiger charge is 2.47. The summed E-state index contributed by atoms with van der Waals surface area (Å²) in [4.78, 5) is 1.25. The number of likely N-dealkylation sites (tertiary alicyclic amines) is 1. The third-order valence-corrected chi connectivity index (χ3v) is 6.85. The van der Waals surface area contributed by atoms with Crippen molar-refractivity contribution in [3.05, 3.63) is 125 Å². The lowest BCUT2D eigenvalue weighted by molar-refractivity contribution is -0.137. The minimum atomic E-state index is -4.51. The number of allylic oxidation sites excluding steroid dienone is 2. The van der Waals surface area contributed by atoms with E-state index in [1.54, 1.807) is 6.07 Å². The predicted octanol–water partition coefficient (Wildman–Crippen LogP) is 8.30. The van der Waals surface area contributed by atoms with E-state index in [0.717, 1.165) is 28.8 Å². The topological polar surface area (TPSA) is 12.5 Å². The van der Waals surface area contributed by atoms with Gasteiger partial charge in [0, 0.05) is 13.1 Å². The van der Waals surface area contributed by atoms with Crippen molar-refractivity contribution < 1.29 is 17.9 Å². The Labute approximate surface area is 215 Å². The summed E-state index contributed by atoms with van der Waals surface area (Å²) in [7, 11) is 0. The Balaban J connectivity index is 1.61. The predicted molar refractivity (Wildman–Crippen MR) is 139 cm³/mol. The number of ether oxygens (including phenoxy) is 1. The zero-order chi connectivity index (χ0) is 25.8. The molecule has 1 saturated heterocycles. The lowest BCUT2D eigenvalue weighted by Gasteiger charge is -2.50. The highest BCUT2D eigenvalue weighted by molar-refractivity contribution is 6.25. The lowest BCUT2D eigenvalue weighted by Crippen LogP contribution is -2.57. The zero-order valence-electron chi connectivity index (χ0n) is 20.3. The highest BCUT2D eigenvalue weighted by Crippen LogP contribution is 2.47. The standard InChI is InChI=1S/C30H29ClF3NO/c1-3-11-23(4-2)28(24-14-9-6-10-15-24)35-20-29(31,21-35)25-16-26(30(32,33)34)18-27(17-25)36-19-22-12-7-5-8-13-22/h3-18,28H,19-21H2,1-2H3. The van der Waals surface area contributed by atoms with Gasteiger partial charge in [-0.05, 0) is 54.3 Å². The summed E-state index contributed by atoms with van der Waals surface area (Å²) >= 11 is 6.99. The number of benzene rings is 3. The summed E-state index contributed by atoms with van der Waals surface area (Å²) < 4.78 is 47.1. The molecule has 0 N–H and O–H groups in total. The lowest BCUT2D eigenvalue weighted by atomic mass is 9.84. The van der Waals surface area contributed by atoms with Crippen molar-refractivity contribution in [1.82, 2.24) is 4.90 Å². The summed E-state index contributed by atoms with van der Waals surface area (Å²) in [6, 6.07) is 23.2. The van der Waals surface area contributed by atoms with Crippen molar-refractivity contribution in [3.63, 3.8) is 0 Å². The number of halogens is 4. The van der Waals surface area contributed by atoms with Gasteiger partial charge in [-0.3, -0.25) is 4.90 Å². The van der Waals surface area contributed by atoms with Gasteiger partial charge in [-0.15, -0.1) is 11.6 Å². The Morgan fingerprint density at radius 1 is 1.00 bits per heavy atom. The second kappa shape index (κ2) is 10.9. The molecule has 0 amide bonds. The Hall–Kier alpha value is -3.02. The molecule has 1 atom stereocenters. The van der Waals surface area contributed by atoms with Crippen molar-refractivity contribution in [2.24, 2.45) is 0 Å². The van der Waals surface area contributed by atoms with E-state index in [2.05, 4.69) is 29.2 Å². The van der Waals surface area contributed by atoms with E-state index in [0.29, 0.717) is 18.7 Å². The van der Waals surface area contributed by atoms with E-state index in [9.17, 15) is 13.2 Å². The number of hydrogen-bond donors (Lipinski definition) is 0. The van der Waals surface area contributed by atoms with E-state index in [4.69, 9.17) is 16.3 Å². The van der Waals surface area contributed by atoms with Crippen LogP contribution in [0.4, 0.5) is 13.2 Å². The first kappa shape index (κ1) is 26.1. The van der Waals surface area contributed by atoms with Gasteiger partial charge in [0.25, 0.3) is 0 Å². The van der Waals surface area contributed by atoms with Gasteiger partial charge < -0.3 is 4.74 Å². The largest absolute Gasteiger partial charge is 0.489 e. The molecule has 1 fully saturated rings. The molecule has 0 aliphatic carbocycles. The first-order valence-electron chi connectivity index (χ1n) is 11.9. The van der Waals surface area contributed by atoms with Gasteiger partial charge in [0.2, 0.25) is 0 Å². The van der Waals surface area contributed by atoms with Crippen LogP contribution in [-0.2, 0) is 17.7 Å². The fourth-order valence-electron chi connectivity index (χ4n) is 4.60. The normalized spacial score (nSPS) is 17.1. The molecule has 1 aliphatic heterocycles. The average molecular weight is 512 g/mol. The molecule has 0 bridgehead atoms. The van der Waals surface area contributed by atoms with Crippen LogP contribution in [0.15, 0.2) is 103 Å². The summed E-state index contributed by atoms with van der Waals surface area (Å²) in [6.07, 6.45) is 1.60. The quantitative estimate of drug-likeness (QED) is 0.223. The molecule has 1 heterocycles. The van der Waals surface area contributed by atoms with Gasteiger partial charge in [-0.2, -0.15) is 13.2 Å². The minimum absolute atomic E-state index is 0.0427. The molecule has 4 rings (SSSR count). The van der Waals surface area contributed by atoms with Crippen LogP contribution in [0, 0.1) is 0 Å². The number of alkyl halides is 4. The molecule has 3 aromatic carbocycles. The Kier molecular flexibility index (Phi) is 7.91. The third-order valence-electron chi connectivity index (χ3n) is 6.40. The first-order chi connectivity index (χ1) is 17.2. The molecule has 0 spiro atoms. The molecule has 188 valence electrons. The first-order valence-corrected chi connectivity index (χ1v) is 12.3. The van der Waals surface area contributed by atoms with Gasteiger partial charge in [-0.25, -0.2) is 0 Å². The van der Waals surface area contributed by atoms with Crippen molar-refractivity contribution in [2.75, 3.05) is 13.1 Å². The molecule has 0 aromatic heterocycles. The second-order valence-electron chi connectivity index (χ2n) is 8.99. The van der Waals surface area contributed by atoms with Gasteiger partial charge >= 0.3 is 6.18 Å². The van der Waals surface area contributed by atoms with Gasteiger partial charge in [0.15, 0.2) is 0 Å². The van der Waals surface area contributed by atoms with Crippen LogP contribution in [0.3, 0.4) is 0 Å². The van der Waals surface area contributed by atoms with Crippen LogP contribution in [0.5, 0.6) is 5.75 Å². The highest BCUT2D eigenvalue weighted by atomic mass is 35.5. The second-order valence-corrected chi connectivity index (χ2v) is 9.71. The number of rotatable bonds is 8. The molecule has 0 radical (unpaired) electrons. The summed E-state index contributed by atoms with van der Waals surface area (Å²) in [5, 5.41) is 0.